The number of methoxy groups -OCH3 is 1. The maximum Gasteiger partial charge on any atom is 0.422 e. The molecule has 1 heterocycles. The van der Waals surface area contributed by atoms with Crippen molar-refractivity contribution in [1.82, 2.24) is 4.98 Å². The Morgan fingerprint density at radius 2 is 2.17 bits per heavy atom. The third-order valence-corrected chi connectivity index (χ3v) is 3.61. The van der Waals surface area contributed by atoms with Gasteiger partial charge in [0.1, 0.15) is 11.8 Å². The number of carbonyl (C=O) groups excluding carboxylic acids is 1. The summed E-state index contributed by atoms with van der Waals surface area (Å²) in [6.45, 7) is -1.31. The number of amides is 1. The molecule has 0 aliphatic carbocycles. The van der Waals surface area contributed by atoms with E-state index in [1.165, 1.54) is 25.3 Å². The second-order valence-corrected chi connectivity index (χ2v) is 5.63. The number of nitrogens with zero attached hydrogens (tertiary/aromatic N) is 1. The highest BCUT2D eigenvalue weighted by Crippen LogP contribution is 2.30. The molecule has 1 aromatic heterocycles. The van der Waals surface area contributed by atoms with Crippen molar-refractivity contribution in [3.8, 4) is 5.75 Å². The fraction of sp³-hybridized carbons (Fsp3) is 0.385. The average Bonchev–Trinajstić information content (AvgIpc) is 2.85. The largest absolute Gasteiger partial charge is 0.484 e. The lowest BCUT2D eigenvalue weighted by Crippen LogP contribution is -2.39. The molecule has 1 amide bonds. The van der Waals surface area contributed by atoms with Gasteiger partial charge in [0.25, 0.3) is 0 Å². The molecule has 24 heavy (non-hydrogen) atoms. The molecule has 0 radical (unpaired) electrons. The Morgan fingerprint density at radius 1 is 1.46 bits per heavy atom. The molecule has 0 bridgehead atoms. The number of ether oxygens (including phenoxy) is 2. The van der Waals surface area contributed by atoms with Crippen LogP contribution in [-0.2, 0) is 9.53 Å². The molecule has 1 aromatic carbocycles. The van der Waals surface area contributed by atoms with Gasteiger partial charge in [-0.25, -0.2) is 4.98 Å². The van der Waals surface area contributed by atoms with E-state index in [1.807, 2.05) is 0 Å². The molecule has 6 nitrogen and oxygen atoms in total. The van der Waals surface area contributed by atoms with E-state index in [0.717, 1.165) is 11.3 Å². The fourth-order valence-electron chi connectivity index (χ4n) is 1.67. The number of nitrogens with one attached hydrogen (secondary N) is 1. The summed E-state index contributed by atoms with van der Waals surface area (Å²) in [7, 11) is 1.42. The van der Waals surface area contributed by atoms with Crippen LogP contribution in [0.15, 0.2) is 18.2 Å². The van der Waals surface area contributed by atoms with E-state index < -0.39 is 24.7 Å². The van der Waals surface area contributed by atoms with Gasteiger partial charge in [0, 0.05) is 7.11 Å². The Morgan fingerprint density at radius 3 is 2.79 bits per heavy atom. The highest BCUT2D eigenvalue weighted by atomic mass is 35.5. The topological polar surface area (TPSA) is 86.5 Å². The molecule has 2 rings (SSSR count). The Bertz CT molecular complexity index is 696. The zero-order valence-corrected chi connectivity index (χ0v) is 14.1. The number of hydrogen-bond donors (Lipinski definition) is 2. The van der Waals surface area contributed by atoms with Crippen molar-refractivity contribution in [2.75, 3.05) is 25.6 Å². The van der Waals surface area contributed by atoms with Crippen molar-refractivity contribution in [2.45, 2.75) is 12.2 Å². The minimum atomic E-state index is -4.40. The lowest BCUT2D eigenvalue weighted by atomic mass is 10.3. The van der Waals surface area contributed by atoms with Crippen LogP contribution in [0, 0.1) is 0 Å². The number of thiazole rings is 1. The predicted octanol–water partition coefficient (Wildman–Crippen LogP) is 2.57. The first-order chi connectivity index (χ1) is 10.8. The van der Waals surface area contributed by atoms with Crippen molar-refractivity contribution in [1.29, 1.82) is 0 Å². The van der Waals surface area contributed by atoms with Crippen molar-refractivity contribution >= 4 is 45.0 Å². The molecule has 1 unspecified atom stereocenters. The summed E-state index contributed by atoms with van der Waals surface area (Å²) in [5.41, 5.74) is 6.12. The van der Waals surface area contributed by atoms with Crippen LogP contribution in [0.4, 0.5) is 18.3 Å². The van der Waals surface area contributed by atoms with Gasteiger partial charge in [-0.3, -0.25) is 4.79 Å². The van der Waals surface area contributed by atoms with Crippen LogP contribution in [-0.4, -0.2) is 43.4 Å². The number of halogens is 4. The summed E-state index contributed by atoms with van der Waals surface area (Å²) in [4.78, 5) is 15.9. The number of carbonyl (C=O) groups is 1. The maximum atomic E-state index is 12.1. The lowest BCUT2D eigenvalue weighted by molar-refractivity contribution is -0.153. The van der Waals surface area contributed by atoms with E-state index in [0.29, 0.717) is 15.3 Å². The summed E-state index contributed by atoms with van der Waals surface area (Å²) in [5, 5.41) is 2.83. The average molecular weight is 386 g/mol. The van der Waals surface area contributed by atoms with Crippen molar-refractivity contribution in [3.63, 3.8) is 0 Å². The van der Waals surface area contributed by atoms with Gasteiger partial charge in [-0.15, -0.1) is 12.4 Å². The Balaban J connectivity index is 0.00000288. The SMILES string of the molecule is COCC(N)C(=O)Nc1nc2ccc(OCC(F)(F)F)cc2s1.Cl. The summed E-state index contributed by atoms with van der Waals surface area (Å²) >= 11 is 1.11. The van der Waals surface area contributed by atoms with Crippen molar-refractivity contribution in [2.24, 2.45) is 5.73 Å². The summed E-state index contributed by atoms with van der Waals surface area (Å²) < 4.78 is 46.4. The molecule has 0 saturated heterocycles. The molecule has 2 aromatic rings. The molecule has 0 saturated carbocycles. The molecule has 11 heteroatoms. The van der Waals surface area contributed by atoms with Crippen LogP contribution in [0.3, 0.4) is 0 Å². The van der Waals surface area contributed by atoms with Crippen LogP contribution in [0.25, 0.3) is 10.2 Å². The molecular formula is C13H15ClF3N3O3S. The van der Waals surface area contributed by atoms with Gasteiger partial charge in [-0.05, 0) is 18.2 Å². The predicted molar refractivity (Wildman–Crippen MR) is 86.9 cm³/mol. The van der Waals surface area contributed by atoms with Crippen LogP contribution in [0.1, 0.15) is 0 Å². The first-order valence-electron chi connectivity index (χ1n) is 6.44. The minimum Gasteiger partial charge on any atom is -0.484 e. The second kappa shape index (κ2) is 8.47. The van der Waals surface area contributed by atoms with E-state index in [1.54, 1.807) is 0 Å². The minimum absolute atomic E-state index is 0. The zero-order valence-electron chi connectivity index (χ0n) is 12.4. The van der Waals surface area contributed by atoms with Crippen LogP contribution in [0.5, 0.6) is 5.75 Å². The number of nitrogens with two attached hydrogens (primary N) is 1. The Labute approximate surface area is 145 Å². The summed E-state index contributed by atoms with van der Waals surface area (Å²) in [5.74, 6) is -0.383. The van der Waals surface area contributed by atoms with Gasteiger partial charge >= 0.3 is 6.18 Å². The van der Waals surface area contributed by atoms with Crippen LogP contribution >= 0.6 is 23.7 Å². The lowest BCUT2D eigenvalue weighted by Gasteiger charge is -2.08. The van der Waals surface area contributed by atoms with E-state index in [9.17, 15) is 18.0 Å². The molecule has 0 aliphatic rings. The van der Waals surface area contributed by atoms with E-state index >= 15 is 0 Å². The molecular weight excluding hydrogens is 371 g/mol. The molecule has 0 spiro atoms. The van der Waals surface area contributed by atoms with Crippen molar-refractivity contribution in [3.05, 3.63) is 18.2 Å². The van der Waals surface area contributed by atoms with Gasteiger partial charge in [0.05, 0.1) is 16.8 Å². The normalized spacial score (nSPS) is 12.5. The molecule has 0 aliphatic heterocycles. The summed E-state index contributed by atoms with van der Waals surface area (Å²) in [6, 6.07) is 3.50. The molecule has 134 valence electrons. The Hall–Kier alpha value is -1.62. The van der Waals surface area contributed by atoms with E-state index in [2.05, 4.69) is 15.0 Å². The van der Waals surface area contributed by atoms with Gasteiger partial charge in [-0.2, -0.15) is 13.2 Å². The van der Waals surface area contributed by atoms with Gasteiger partial charge in [0.2, 0.25) is 5.91 Å². The van der Waals surface area contributed by atoms with Crippen LogP contribution < -0.4 is 15.8 Å². The standard InChI is InChI=1S/C13H14F3N3O3S.ClH/c1-21-5-8(17)11(20)19-12-18-9-3-2-7(4-10(9)23-12)22-6-13(14,15)16;/h2-4,8H,5-6,17H2,1H3,(H,18,19,20);1H. The summed E-state index contributed by atoms with van der Waals surface area (Å²) in [6.07, 6.45) is -4.40. The zero-order chi connectivity index (χ0) is 17.0. The van der Waals surface area contributed by atoms with E-state index in [-0.39, 0.29) is 24.8 Å². The third-order valence-electron chi connectivity index (χ3n) is 2.68. The van der Waals surface area contributed by atoms with Crippen LogP contribution in [0.2, 0.25) is 0 Å². The third kappa shape index (κ3) is 5.78. The first-order valence-corrected chi connectivity index (χ1v) is 7.25. The molecule has 1 atom stereocenters. The van der Waals surface area contributed by atoms with E-state index in [4.69, 9.17) is 10.5 Å². The molecule has 3 N–H and O–H groups in total. The highest BCUT2D eigenvalue weighted by molar-refractivity contribution is 7.22. The number of anilines is 1. The molecule has 0 fully saturated rings. The number of hydrogen-bond acceptors (Lipinski definition) is 6. The number of rotatable bonds is 6. The fourth-order valence-corrected chi connectivity index (χ4v) is 2.56. The number of fused-ring (bicyclic) bond motifs is 1. The number of benzene rings is 1. The highest BCUT2D eigenvalue weighted by Gasteiger charge is 2.28. The number of alkyl halides is 3. The van der Waals surface area contributed by atoms with Gasteiger partial charge in [0.15, 0.2) is 11.7 Å². The monoisotopic (exact) mass is 385 g/mol. The smallest absolute Gasteiger partial charge is 0.422 e. The maximum absolute atomic E-state index is 12.1. The number of aromatic nitrogens is 1. The van der Waals surface area contributed by atoms with Gasteiger partial charge in [-0.1, -0.05) is 11.3 Å². The van der Waals surface area contributed by atoms with Crippen molar-refractivity contribution < 1.29 is 27.4 Å². The second-order valence-electron chi connectivity index (χ2n) is 4.60. The Kier molecular flexibility index (Phi) is 7.21. The quantitative estimate of drug-likeness (QED) is 0.798. The first kappa shape index (κ1) is 20.4. The van der Waals surface area contributed by atoms with Gasteiger partial charge < -0.3 is 20.5 Å².